The fourth-order valence-electron chi connectivity index (χ4n) is 8.63. The summed E-state index contributed by atoms with van der Waals surface area (Å²) in [5, 5.41) is 12.6. The Bertz CT molecular complexity index is 3320. The van der Waals surface area contributed by atoms with Crippen LogP contribution in [0.2, 0.25) is 0 Å². The van der Waals surface area contributed by atoms with Crippen LogP contribution < -0.4 is 11.1 Å². The van der Waals surface area contributed by atoms with Gasteiger partial charge >= 0.3 is 0 Å². The van der Waals surface area contributed by atoms with Crippen LogP contribution in [0.25, 0.3) is 109 Å². The molecule has 0 unspecified atom stereocenters. The Morgan fingerprint density at radius 3 is 1.04 bits per heavy atom. The minimum Gasteiger partial charge on any atom is -0.268 e. The van der Waals surface area contributed by atoms with Gasteiger partial charge in [-0.05, 0) is 45.8 Å². The lowest BCUT2D eigenvalue weighted by Gasteiger charge is -2.12. The van der Waals surface area contributed by atoms with E-state index >= 15 is 0 Å². The third-order valence-corrected chi connectivity index (χ3v) is 10.6. The van der Waals surface area contributed by atoms with Crippen LogP contribution in [0, 0.1) is 0 Å². The number of hydrogen-bond acceptors (Lipinski definition) is 4. The van der Waals surface area contributed by atoms with Crippen molar-refractivity contribution in [1.82, 2.24) is 18.8 Å². The third kappa shape index (κ3) is 2.66. The van der Waals surface area contributed by atoms with Crippen molar-refractivity contribution in [2.45, 2.75) is 0 Å². The molecule has 0 atom stereocenters. The molecule has 0 N–H and O–H groups in total. The summed E-state index contributed by atoms with van der Waals surface area (Å²) in [4.78, 5) is 39.7. The molecule has 0 radical (unpaired) electrons. The minimum absolute atomic E-state index is 0.146. The second kappa shape index (κ2) is 8.18. The first-order chi connectivity index (χ1) is 23.7. The zero-order chi connectivity index (χ0) is 31.4. The molecule has 0 aliphatic rings. The lowest BCUT2D eigenvalue weighted by atomic mass is 9.96. The van der Waals surface area contributed by atoms with E-state index in [1.165, 1.54) is 0 Å². The Hall–Kier alpha value is -6.66. The van der Waals surface area contributed by atoms with Gasteiger partial charge in [0.2, 0.25) is 0 Å². The molecule has 0 bridgehead atoms. The number of imidazole rings is 2. The van der Waals surface area contributed by atoms with Gasteiger partial charge in [-0.3, -0.25) is 18.4 Å². The van der Waals surface area contributed by atoms with Crippen LogP contribution in [0.1, 0.15) is 0 Å². The SMILES string of the molecule is O=c1c2ccc3c4c(ccc(c24)c2nc4c5ccccc5c5ccccc5c4n12)c(=O)n1c3nc2c3ccccc3c3ccccc3c21. The van der Waals surface area contributed by atoms with Crippen molar-refractivity contribution in [2.24, 2.45) is 0 Å². The topological polar surface area (TPSA) is 68.7 Å². The number of nitrogens with zero attached hydrogens (tertiary/aromatic N) is 4. The lowest BCUT2D eigenvalue weighted by molar-refractivity contribution is 1.19. The molecule has 48 heavy (non-hydrogen) atoms. The summed E-state index contributed by atoms with van der Waals surface area (Å²) >= 11 is 0. The summed E-state index contributed by atoms with van der Waals surface area (Å²) in [5.74, 6) is 0. The Morgan fingerprint density at radius 1 is 0.333 bits per heavy atom. The van der Waals surface area contributed by atoms with E-state index in [-0.39, 0.29) is 11.1 Å². The summed E-state index contributed by atoms with van der Waals surface area (Å²) in [6.45, 7) is 0. The summed E-state index contributed by atoms with van der Waals surface area (Å²) < 4.78 is 3.56. The van der Waals surface area contributed by atoms with E-state index in [9.17, 15) is 9.59 Å². The van der Waals surface area contributed by atoms with Gasteiger partial charge in [0.25, 0.3) is 11.1 Å². The summed E-state index contributed by atoms with van der Waals surface area (Å²) in [5.41, 5.74) is 4.09. The molecule has 0 aliphatic heterocycles. The highest BCUT2D eigenvalue weighted by Crippen LogP contribution is 2.41. The molecular formula is C42H20N4O2. The first-order valence-electron chi connectivity index (χ1n) is 16.0. The van der Waals surface area contributed by atoms with E-state index in [1.807, 2.05) is 72.8 Å². The molecule has 220 valence electrons. The molecule has 0 amide bonds. The second-order valence-electron chi connectivity index (χ2n) is 12.8. The van der Waals surface area contributed by atoms with Gasteiger partial charge in [-0.2, -0.15) is 0 Å². The molecule has 12 aromatic rings. The van der Waals surface area contributed by atoms with Crippen LogP contribution in [-0.4, -0.2) is 18.8 Å². The molecule has 8 aromatic carbocycles. The Labute approximate surface area is 269 Å². The first-order valence-corrected chi connectivity index (χ1v) is 16.0. The summed E-state index contributed by atoms with van der Waals surface area (Å²) in [7, 11) is 0. The highest BCUT2D eigenvalue weighted by atomic mass is 16.1. The molecular weight excluding hydrogens is 592 g/mol. The number of aromatic nitrogens is 4. The first kappa shape index (κ1) is 24.6. The van der Waals surface area contributed by atoms with E-state index in [0.717, 1.165) is 86.7 Å². The molecule has 4 aromatic heterocycles. The Morgan fingerprint density at radius 2 is 0.646 bits per heavy atom. The molecule has 0 spiro atoms. The van der Waals surface area contributed by atoms with E-state index < -0.39 is 0 Å². The fraction of sp³-hybridized carbons (Fsp3) is 0. The second-order valence-corrected chi connectivity index (χ2v) is 12.8. The number of pyridine rings is 2. The quantitative estimate of drug-likeness (QED) is 0.160. The lowest BCUT2D eigenvalue weighted by Crippen LogP contribution is -2.16. The maximum atomic E-state index is 14.7. The van der Waals surface area contributed by atoms with Crippen molar-refractivity contribution in [3.63, 3.8) is 0 Å². The molecule has 6 nitrogen and oxygen atoms in total. The maximum Gasteiger partial charge on any atom is 0.264 e. The maximum absolute atomic E-state index is 14.7. The predicted octanol–water partition coefficient (Wildman–Crippen LogP) is 8.96. The van der Waals surface area contributed by atoms with Crippen LogP contribution >= 0.6 is 0 Å². The van der Waals surface area contributed by atoms with Crippen molar-refractivity contribution in [1.29, 1.82) is 0 Å². The predicted molar refractivity (Wildman–Crippen MR) is 196 cm³/mol. The van der Waals surface area contributed by atoms with Crippen LogP contribution in [0.15, 0.2) is 131 Å². The number of benzene rings is 8. The van der Waals surface area contributed by atoms with Gasteiger partial charge in [0.05, 0.1) is 22.1 Å². The standard InChI is InChI=1S/C42H20N4O2/c47-41-31-20-18-30-34-32(42(48)46-38-28-16-8-4-12-24(28)22-10-2-6-14-26(22)36(38)44-40(30)46)19-17-29(33(31)34)39-43-35-25-13-5-1-9-21(25)23-11-3-7-15-27(23)37(35)45(39)41/h1-20H. The zero-order valence-electron chi connectivity index (χ0n) is 25.2. The van der Waals surface area contributed by atoms with Gasteiger partial charge in [0.1, 0.15) is 11.3 Å². The molecule has 4 heterocycles. The molecule has 0 saturated carbocycles. The van der Waals surface area contributed by atoms with Gasteiger partial charge in [-0.15, -0.1) is 0 Å². The molecule has 0 saturated heterocycles. The van der Waals surface area contributed by atoms with Gasteiger partial charge in [-0.1, -0.05) is 97.1 Å². The third-order valence-electron chi connectivity index (χ3n) is 10.6. The van der Waals surface area contributed by atoms with E-state index in [0.29, 0.717) is 22.1 Å². The molecule has 12 rings (SSSR count). The van der Waals surface area contributed by atoms with Crippen molar-refractivity contribution in [3.8, 4) is 0 Å². The highest BCUT2D eigenvalue weighted by Gasteiger charge is 2.25. The number of rotatable bonds is 0. The van der Waals surface area contributed by atoms with Gasteiger partial charge in [-0.25, -0.2) is 9.97 Å². The van der Waals surface area contributed by atoms with Crippen LogP contribution in [0.4, 0.5) is 0 Å². The van der Waals surface area contributed by atoms with Gasteiger partial charge in [0.15, 0.2) is 0 Å². The van der Waals surface area contributed by atoms with Crippen LogP contribution in [-0.2, 0) is 0 Å². The van der Waals surface area contributed by atoms with Crippen molar-refractivity contribution in [3.05, 3.63) is 142 Å². The average Bonchev–Trinajstić information content (AvgIpc) is 3.75. The van der Waals surface area contributed by atoms with Crippen LogP contribution in [0.3, 0.4) is 0 Å². The normalized spacial score (nSPS) is 12.8. The molecule has 6 heteroatoms. The van der Waals surface area contributed by atoms with E-state index in [4.69, 9.17) is 9.97 Å². The van der Waals surface area contributed by atoms with Crippen molar-refractivity contribution in [2.75, 3.05) is 0 Å². The highest BCUT2D eigenvalue weighted by molar-refractivity contribution is 6.31. The van der Waals surface area contributed by atoms with Crippen molar-refractivity contribution >= 4 is 109 Å². The summed E-state index contributed by atoms with van der Waals surface area (Å²) in [6, 6.07) is 40.6. The zero-order valence-corrected chi connectivity index (χ0v) is 25.2. The number of hydrogen-bond donors (Lipinski definition) is 0. The van der Waals surface area contributed by atoms with Gasteiger partial charge < -0.3 is 0 Å². The van der Waals surface area contributed by atoms with Gasteiger partial charge in [0, 0.05) is 53.9 Å². The Kier molecular flexibility index (Phi) is 4.19. The fourth-order valence-corrected chi connectivity index (χ4v) is 8.63. The van der Waals surface area contributed by atoms with E-state index in [2.05, 4.69) is 48.5 Å². The van der Waals surface area contributed by atoms with Crippen LogP contribution in [0.5, 0.6) is 0 Å². The van der Waals surface area contributed by atoms with Crippen molar-refractivity contribution < 1.29 is 0 Å². The largest absolute Gasteiger partial charge is 0.268 e. The monoisotopic (exact) mass is 612 g/mol. The smallest absolute Gasteiger partial charge is 0.264 e. The molecule has 0 fully saturated rings. The molecule has 0 aliphatic carbocycles. The average molecular weight is 613 g/mol. The minimum atomic E-state index is -0.146. The number of fused-ring (bicyclic) bond motifs is 18. The summed E-state index contributed by atoms with van der Waals surface area (Å²) in [6.07, 6.45) is 0. The van der Waals surface area contributed by atoms with E-state index in [1.54, 1.807) is 8.80 Å². The Balaban J connectivity index is 1.33.